The fourth-order valence-corrected chi connectivity index (χ4v) is 0.960. The van der Waals surface area contributed by atoms with Gasteiger partial charge in [-0.05, 0) is 17.6 Å². The van der Waals surface area contributed by atoms with Crippen molar-refractivity contribution in [2.24, 2.45) is 5.09 Å². The summed E-state index contributed by atoms with van der Waals surface area (Å²) in [6.07, 6.45) is 0. The summed E-state index contributed by atoms with van der Waals surface area (Å²) in [5.74, 6) is 0. The van der Waals surface area contributed by atoms with Crippen LogP contribution in [0.25, 0.3) is 0 Å². The van der Waals surface area contributed by atoms with Gasteiger partial charge in [-0.15, -0.1) is 0 Å². The third-order valence-corrected chi connectivity index (χ3v) is 1.80. The van der Waals surface area contributed by atoms with Crippen molar-refractivity contribution in [3.63, 3.8) is 0 Å². The number of rotatable bonds is 2. The van der Waals surface area contributed by atoms with Crippen LogP contribution in [0.15, 0.2) is 33.8 Å². The zero-order valence-electron chi connectivity index (χ0n) is 5.57. The molecule has 0 amide bonds. The number of nitrogens with zero attached hydrogens (tertiary/aromatic N) is 1. The lowest BCUT2D eigenvalue weighted by Gasteiger charge is -1.95. The van der Waals surface area contributed by atoms with E-state index in [1.807, 2.05) is 0 Å². The van der Waals surface area contributed by atoms with Gasteiger partial charge in [0, 0.05) is 4.47 Å². The molecular formula is C6H5BBrNO2. The molecule has 0 unspecified atom stereocenters. The molecule has 0 aliphatic carbocycles. The van der Waals surface area contributed by atoms with Gasteiger partial charge >= 0.3 is 7.05 Å². The highest BCUT2D eigenvalue weighted by Crippen LogP contribution is 2.05. The van der Waals surface area contributed by atoms with Crippen LogP contribution < -0.4 is 5.46 Å². The molecule has 1 N–H and O–H groups in total. The maximum absolute atomic E-state index is 9.88. The highest BCUT2D eigenvalue weighted by molar-refractivity contribution is 9.10. The van der Waals surface area contributed by atoms with Crippen molar-refractivity contribution in [2.75, 3.05) is 0 Å². The van der Waals surface area contributed by atoms with Crippen LogP contribution in [0.4, 0.5) is 0 Å². The van der Waals surface area contributed by atoms with Crippen molar-refractivity contribution in [1.29, 1.82) is 0 Å². The van der Waals surface area contributed by atoms with Gasteiger partial charge in [0.1, 0.15) is 0 Å². The van der Waals surface area contributed by atoms with Crippen LogP contribution in [0.3, 0.4) is 0 Å². The Morgan fingerprint density at radius 3 is 2.36 bits per heavy atom. The maximum Gasteiger partial charge on any atom is 0.517 e. The van der Waals surface area contributed by atoms with E-state index in [2.05, 4.69) is 21.0 Å². The minimum atomic E-state index is -1.25. The molecule has 0 aliphatic rings. The molecular weight excluding hydrogens is 209 g/mol. The minimum Gasteiger partial charge on any atom is -0.425 e. The molecule has 3 nitrogen and oxygen atoms in total. The Labute approximate surface area is 72.7 Å². The van der Waals surface area contributed by atoms with Gasteiger partial charge in [-0.25, -0.2) is 0 Å². The highest BCUT2D eigenvalue weighted by atomic mass is 79.9. The van der Waals surface area contributed by atoms with E-state index in [-0.39, 0.29) is 0 Å². The lowest BCUT2D eigenvalue weighted by molar-refractivity contribution is 0.587. The molecule has 0 aliphatic heterocycles. The molecule has 11 heavy (non-hydrogen) atoms. The molecule has 0 radical (unpaired) electrons. The van der Waals surface area contributed by atoms with Gasteiger partial charge in [-0.3, -0.25) is 0 Å². The predicted octanol–water partition coefficient (Wildman–Crippen LogP) is 0.903. The third-order valence-electron chi connectivity index (χ3n) is 1.27. The Hall–Kier alpha value is -0.675. The smallest absolute Gasteiger partial charge is 0.425 e. The number of nitroso groups, excluding NO2 is 1. The molecule has 5 heteroatoms. The van der Waals surface area contributed by atoms with Gasteiger partial charge in [0.15, 0.2) is 0 Å². The number of hydrogen-bond acceptors (Lipinski definition) is 3. The van der Waals surface area contributed by atoms with Crippen LogP contribution in [0.5, 0.6) is 0 Å². The summed E-state index contributed by atoms with van der Waals surface area (Å²) in [7, 11) is -1.25. The zero-order valence-corrected chi connectivity index (χ0v) is 7.15. The SMILES string of the molecule is O=NB(O)c1ccc(Br)cc1. The van der Waals surface area contributed by atoms with E-state index in [9.17, 15) is 4.91 Å². The molecule has 0 atom stereocenters. The Kier molecular flexibility index (Phi) is 2.79. The molecule has 1 rings (SSSR count). The molecule has 56 valence electrons. The first-order valence-corrected chi connectivity index (χ1v) is 3.79. The highest BCUT2D eigenvalue weighted by Gasteiger charge is 2.14. The predicted molar refractivity (Wildman–Crippen MR) is 47.5 cm³/mol. The van der Waals surface area contributed by atoms with Crippen molar-refractivity contribution >= 4 is 28.4 Å². The molecule has 0 fully saturated rings. The van der Waals surface area contributed by atoms with Gasteiger partial charge in [-0.1, -0.05) is 33.2 Å². The second-order valence-electron chi connectivity index (χ2n) is 2.03. The van der Waals surface area contributed by atoms with E-state index in [0.717, 1.165) is 4.47 Å². The molecule has 0 saturated heterocycles. The summed E-state index contributed by atoms with van der Waals surface area (Å²) in [5, 5.41) is 11.4. The summed E-state index contributed by atoms with van der Waals surface area (Å²) in [4.78, 5) is 9.88. The minimum absolute atomic E-state index is 0.503. The quantitative estimate of drug-likeness (QED) is 0.587. The monoisotopic (exact) mass is 213 g/mol. The van der Waals surface area contributed by atoms with E-state index in [0.29, 0.717) is 5.46 Å². The number of hydrogen-bond donors (Lipinski definition) is 1. The molecule has 1 aromatic carbocycles. The first-order valence-electron chi connectivity index (χ1n) is 3.00. The number of benzene rings is 1. The van der Waals surface area contributed by atoms with E-state index in [1.165, 1.54) is 0 Å². The lowest BCUT2D eigenvalue weighted by atomic mass is 9.76. The van der Waals surface area contributed by atoms with Crippen molar-refractivity contribution in [3.05, 3.63) is 33.6 Å². The van der Waals surface area contributed by atoms with Gasteiger partial charge in [0.25, 0.3) is 0 Å². The second-order valence-corrected chi connectivity index (χ2v) is 2.95. The Balaban J connectivity index is 2.89. The maximum atomic E-state index is 9.88. The summed E-state index contributed by atoms with van der Waals surface area (Å²) < 4.78 is 0.902. The van der Waals surface area contributed by atoms with Crippen molar-refractivity contribution in [1.82, 2.24) is 0 Å². The van der Waals surface area contributed by atoms with Crippen LogP contribution in [0.2, 0.25) is 0 Å². The van der Waals surface area contributed by atoms with Crippen molar-refractivity contribution in [3.8, 4) is 0 Å². The van der Waals surface area contributed by atoms with E-state index >= 15 is 0 Å². The molecule has 0 saturated carbocycles. The van der Waals surface area contributed by atoms with Crippen molar-refractivity contribution in [2.45, 2.75) is 0 Å². The van der Waals surface area contributed by atoms with E-state index < -0.39 is 7.05 Å². The molecule has 0 heterocycles. The Bertz CT molecular complexity index is 251. The topological polar surface area (TPSA) is 49.7 Å². The first-order chi connectivity index (χ1) is 5.24. The van der Waals surface area contributed by atoms with Gasteiger partial charge < -0.3 is 5.02 Å². The molecule has 0 aromatic heterocycles. The summed E-state index contributed by atoms with van der Waals surface area (Å²) >= 11 is 3.23. The van der Waals surface area contributed by atoms with Crippen LogP contribution in [-0.2, 0) is 0 Å². The van der Waals surface area contributed by atoms with Crippen molar-refractivity contribution < 1.29 is 5.02 Å². The Morgan fingerprint density at radius 1 is 1.36 bits per heavy atom. The fourth-order valence-electron chi connectivity index (χ4n) is 0.696. The van der Waals surface area contributed by atoms with Crippen LogP contribution in [0.1, 0.15) is 0 Å². The average Bonchev–Trinajstić information content (AvgIpc) is 2.05. The molecule has 0 bridgehead atoms. The third kappa shape index (κ3) is 2.13. The summed E-state index contributed by atoms with van der Waals surface area (Å²) in [6, 6.07) is 6.75. The van der Waals surface area contributed by atoms with E-state index in [4.69, 9.17) is 5.02 Å². The normalized spacial score (nSPS) is 9.27. The molecule has 1 aromatic rings. The first kappa shape index (κ1) is 8.42. The average molecular weight is 214 g/mol. The standard InChI is InChI=1S/C6H5BBrNO2/c8-6-3-1-5(2-4-6)7(10)9-11/h1-4,10H. The number of halogens is 1. The fraction of sp³-hybridized carbons (Fsp3) is 0. The zero-order chi connectivity index (χ0) is 8.27. The molecule has 0 spiro atoms. The summed E-state index contributed by atoms with van der Waals surface area (Å²) in [6.45, 7) is 0. The lowest BCUT2D eigenvalue weighted by Crippen LogP contribution is -2.27. The second kappa shape index (κ2) is 3.64. The Morgan fingerprint density at radius 2 is 1.91 bits per heavy atom. The van der Waals surface area contributed by atoms with Gasteiger partial charge in [0.2, 0.25) is 0 Å². The van der Waals surface area contributed by atoms with Gasteiger partial charge in [-0.2, -0.15) is 4.91 Å². The van der Waals surface area contributed by atoms with E-state index in [1.54, 1.807) is 24.3 Å². The van der Waals surface area contributed by atoms with Crippen LogP contribution in [-0.4, -0.2) is 12.1 Å². The van der Waals surface area contributed by atoms with Crippen LogP contribution in [0, 0.1) is 4.91 Å². The largest absolute Gasteiger partial charge is 0.517 e. The van der Waals surface area contributed by atoms with Crippen LogP contribution >= 0.6 is 15.9 Å². The summed E-state index contributed by atoms with van der Waals surface area (Å²) in [5.41, 5.74) is 0.503. The van der Waals surface area contributed by atoms with Gasteiger partial charge in [0.05, 0.1) is 0 Å².